The Labute approximate surface area is 127 Å². The van der Waals surface area contributed by atoms with Crippen LogP contribution >= 0.6 is 0 Å². The Morgan fingerprint density at radius 1 is 1.43 bits per heavy atom. The summed E-state index contributed by atoms with van der Waals surface area (Å²) in [5.74, 6) is 0. The first kappa shape index (κ1) is 16.5. The third-order valence-electron chi connectivity index (χ3n) is 4.50. The number of rotatable bonds is 7. The predicted octanol–water partition coefficient (Wildman–Crippen LogP) is 1.78. The molecule has 21 heavy (non-hydrogen) atoms. The van der Waals surface area contributed by atoms with Crippen molar-refractivity contribution in [1.82, 2.24) is 19.8 Å². The highest BCUT2D eigenvalue weighted by Crippen LogP contribution is 2.28. The molecule has 2 N–H and O–H groups in total. The van der Waals surface area contributed by atoms with Gasteiger partial charge in [-0.15, -0.1) is 0 Å². The quantitative estimate of drug-likeness (QED) is 0.804. The minimum atomic E-state index is -3.60. The number of H-pyrrole nitrogens is 1. The third-order valence-corrected chi connectivity index (χ3v) is 6.55. The van der Waals surface area contributed by atoms with Crippen LogP contribution in [0.5, 0.6) is 0 Å². The van der Waals surface area contributed by atoms with Gasteiger partial charge in [0.05, 0.1) is 0 Å². The number of sulfonamides is 1. The number of hydrogen-bond acceptors (Lipinski definition) is 4. The first-order valence-electron chi connectivity index (χ1n) is 7.46. The molecule has 1 saturated carbocycles. The van der Waals surface area contributed by atoms with Gasteiger partial charge in [0.15, 0.2) is 5.03 Å². The summed E-state index contributed by atoms with van der Waals surface area (Å²) in [6.07, 6.45) is 3.07. The Balaban J connectivity index is 2.31. The molecule has 2 rings (SSSR count). The van der Waals surface area contributed by atoms with E-state index in [1.807, 2.05) is 27.7 Å². The van der Waals surface area contributed by atoms with Crippen LogP contribution in [0.3, 0.4) is 0 Å². The molecule has 120 valence electrons. The van der Waals surface area contributed by atoms with E-state index in [2.05, 4.69) is 15.5 Å². The number of aromatic nitrogens is 2. The maximum absolute atomic E-state index is 12.8. The second-order valence-corrected chi connectivity index (χ2v) is 8.31. The smallest absolute Gasteiger partial charge is 0.262 e. The fraction of sp³-hybridized carbons (Fsp3) is 0.786. The van der Waals surface area contributed by atoms with Crippen molar-refractivity contribution in [1.29, 1.82) is 0 Å². The topological polar surface area (TPSA) is 78.1 Å². The van der Waals surface area contributed by atoms with Crippen molar-refractivity contribution in [2.45, 2.75) is 70.1 Å². The van der Waals surface area contributed by atoms with Crippen molar-refractivity contribution < 1.29 is 8.42 Å². The van der Waals surface area contributed by atoms with Gasteiger partial charge in [-0.25, -0.2) is 8.42 Å². The molecule has 0 saturated heterocycles. The summed E-state index contributed by atoms with van der Waals surface area (Å²) in [7, 11) is -1.97. The van der Waals surface area contributed by atoms with Crippen LogP contribution in [0.25, 0.3) is 0 Å². The zero-order valence-corrected chi connectivity index (χ0v) is 14.3. The van der Waals surface area contributed by atoms with Gasteiger partial charge in [-0.05, 0) is 40.0 Å². The van der Waals surface area contributed by atoms with Gasteiger partial charge in [0.25, 0.3) is 10.0 Å². The lowest BCUT2D eigenvalue weighted by Crippen LogP contribution is -2.44. The molecule has 0 atom stereocenters. The highest BCUT2D eigenvalue weighted by molar-refractivity contribution is 7.89. The molecule has 0 unspecified atom stereocenters. The molecule has 1 aliphatic rings. The zero-order chi connectivity index (χ0) is 15.8. The molecule has 0 aliphatic heterocycles. The van der Waals surface area contributed by atoms with Crippen molar-refractivity contribution in [3.05, 3.63) is 11.3 Å². The zero-order valence-electron chi connectivity index (χ0n) is 13.5. The van der Waals surface area contributed by atoms with E-state index in [9.17, 15) is 8.42 Å². The number of aromatic amines is 1. The van der Waals surface area contributed by atoms with Crippen molar-refractivity contribution in [2.75, 3.05) is 7.05 Å². The first-order valence-corrected chi connectivity index (χ1v) is 8.90. The Kier molecular flexibility index (Phi) is 4.46. The molecular weight excluding hydrogens is 288 g/mol. The molecule has 1 aromatic rings. The van der Waals surface area contributed by atoms with Gasteiger partial charge < -0.3 is 5.32 Å². The van der Waals surface area contributed by atoms with E-state index in [-0.39, 0.29) is 5.03 Å². The minimum absolute atomic E-state index is 0.150. The van der Waals surface area contributed by atoms with Gasteiger partial charge in [0.2, 0.25) is 0 Å². The van der Waals surface area contributed by atoms with E-state index in [4.69, 9.17) is 0 Å². The molecule has 6 nitrogen and oxygen atoms in total. The monoisotopic (exact) mass is 314 g/mol. The van der Waals surface area contributed by atoms with Crippen LogP contribution in [0.2, 0.25) is 0 Å². The summed E-state index contributed by atoms with van der Waals surface area (Å²) in [6.45, 7) is 8.23. The van der Waals surface area contributed by atoms with Crippen LogP contribution in [0.4, 0.5) is 0 Å². The van der Waals surface area contributed by atoms with E-state index in [1.165, 1.54) is 17.1 Å². The molecule has 1 aliphatic carbocycles. The fourth-order valence-corrected chi connectivity index (χ4v) is 3.80. The molecule has 1 fully saturated rings. The number of nitrogens with one attached hydrogen (secondary N) is 2. The maximum Gasteiger partial charge on any atom is 0.262 e. The molecule has 0 spiro atoms. The first-order chi connectivity index (χ1) is 9.70. The minimum Gasteiger partial charge on any atom is -0.310 e. The highest BCUT2D eigenvalue weighted by atomic mass is 32.2. The molecule has 0 amide bonds. The van der Waals surface area contributed by atoms with Crippen molar-refractivity contribution in [3.8, 4) is 0 Å². The van der Waals surface area contributed by atoms with E-state index in [1.54, 1.807) is 7.05 Å². The van der Waals surface area contributed by atoms with Gasteiger partial charge in [0.1, 0.15) is 0 Å². The number of nitrogens with zero attached hydrogens (tertiary/aromatic N) is 2. The van der Waals surface area contributed by atoms with Crippen LogP contribution in [0.1, 0.15) is 51.3 Å². The Bertz CT molecular complexity index is 602. The van der Waals surface area contributed by atoms with E-state index >= 15 is 0 Å². The summed E-state index contributed by atoms with van der Waals surface area (Å²) >= 11 is 0. The molecule has 1 heterocycles. The van der Waals surface area contributed by atoms with Gasteiger partial charge in [-0.2, -0.15) is 9.40 Å². The Morgan fingerprint density at radius 2 is 2.05 bits per heavy atom. The summed E-state index contributed by atoms with van der Waals surface area (Å²) in [4.78, 5) is 0. The van der Waals surface area contributed by atoms with Crippen LogP contribution < -0.4 is 5.32 Å². The lowest BCUT2D eigenvalue weighted by molar-refractivity contribution is 0.256. The van der Waals surface area contributed by atoms with Crippen molar-refractivity contribution >= 4 is 10.0 Å². The predicted molar refractivity (Wildman–Crippen MR) is 82.5 cm³/mol. The van der Waals surface area contributed by atoms with Crippen molar-refractivity contribution in [2.24, 2.45) is 0 Å². The van der Waals surface area contributed by atoms with Gasteiger partial charge in [-0.1, -0.05) is 6.92 Å². The molecule has 1 aromatic heterocycles. The second-order valence-electron chi connectivity index (χ2n) is 6.43. The molecule has 7 heteroatoms. The second kappa shape index (κ2) is 5.70. The standard InChI is InChI=1S/C14H26N4O2S/c1-6-14(3,4)18(5)21(19,20)13-12(10(2)16-17-13)9-15-11-7-8-11/h11,15H,6-9H2,1-5H3,(H,16,17). The van der Waals surface area contributed by atoms with E-state index in [0.29, 0.717) is 12.6 Å². The van der Waals surface area contributed by atoms with E-state index < -0.39 is 15.6 Å². The summed E-state index contributed by atoms with van der Waals surface area (Å²) in [5, 5.41) is 10.4. The van der Waals surface area contributed by atoms with Crippen LogP contribution in [-0.2, 0) is 16.6 Å². The van der Waals surface area contributed by atoms with Crippen LogP contribution in [0, 0.1) is 6.92 Å². The lowest BCUT2D eigenvalue weighted by atomic mass is 10.0. The average molecular weight is 314 g/mol. The average Bonchev–Trinajstić information content (AvgIpc) is 3.18. The van der Waals surface area contributed by atoms with E-state index in [0.717, 1.165) is 17.7 Å². The Hall–Kier alpha value is -0.920. The summed E-state index contributed by atoms with van der Waals surface area (Å²) in [5.41, 5.74) is 1.12. The SMILES string of the molecule is CCC(C)(C)N(C)S(=O)(=O)c1n[nH]c(C)c1CNC1CC1. The Morgan fingerprint density at radius 3 is 2.57 bits per heavy atom. The summed E-state index contributed by atoms with van der Waals surface area (Å²) in [6, 6.07) is 0.527. The lowest BCUT2D eigenvalue weighted by Gasteiger charge is -2.33. The van der Waals surface area contributed by atoms with Crippen molar-refractivity contribution in [3.63, 3.8) is 0 Å². The molecule has 0 radical (unpaired) electrons. The third kappa shape index (κ3) is 3.30. The van der Waals surface area contributed by atoms with Crippen LogP contribution in [0.15, 0.2) is 5.03 Å². The highest BCUT2D eigenvalue weighted by Gasteiger charge is 2.36. The molecule has 0 aromatic carbocycles. The molecular formula is C14H26N4O2S. The number of hydrogen-bond donors (Lipinski definition) is 2. The summed E-state index contributed by atoms with van der Waals surface area (Å²) < 4.78 is 27.1. The fourth-order valence-electron chi connectivity index (χ4n) is 2.06. The van der Waals surface area contributed by atoms with Gasteiger partial charge in [-0.3, -0.25) is 5.10 Å². The number of aryl methyl sites for hydroxylation is 1. The largest absolute Gasteiger partial charge is 0.310 e. The van der Waals surface area contributed by atoms with Crippen LogP contribution in [-0.4, -0.2) is 41.5 Å². The van der Waals surface area contributed by atoms with Gasteiger partial charge in [0, 0.05) is 36.4 Å². The maximum atomic E-state index is 12.8. The molecule has 0 bridgehead atoms. The normalized spacial score (nSPS) is 16.7. The van der Waals surface area contributed by atoms with Gasteiger partial charge >= 0.3 is 0 Å².